The number of carboxylic acids is 1. The monoisotopic (exact) mass is 356 g/mol. The fraction of sp³-hybridized carbons (Fsp3) is 0.455. The number of carbonyl (C=O) groups is 2. The van der Waals surface area contributed by atoms with Crippen LogP contribution in [0.25, 0.3) is 10.8 Å². The molecule has 0 aliphatic carbocycles. The molecule has 26 heavy (non-hydrogen) atoms. The Hall–Kier alpha value is -2.36. The maximum absolute atomic E-state index is 12.0. The van der Waals surface area contributed by atoms with Gasteiger partial charge in [0.2, 0.25) is 0 Å². The second-order valence-electron chi connectivity index (χ2n) is 6.67. The molecule has 2 aromatic carbocycles. The Morgan fingerprint density at radius 1 is 0.731 bits per heavy atom. The summed E-state index contributed by atoms with van der Waals surface area (Å²) in [6.07, 6.45) is 8.85. The maximum atomic E-state index is 12.0. The van der Waals surface area contributed by atoms with Gasteiger partial charge in [0.05, 0.1) is 0 Å². The highest BCUT2D eigenvalue weighted by molar-refractivity contribution is 5.90. The van der Waals surface area contributed by atoms with Crippen molar-refractivity contribution >= 4 is 22.7 Å². The van der Waals surface area contributed by atoms with Crippen molar-refractivity contribution < 1.29 is 19.4 Å². The van der Waals surface area contributed by atoms with E-state index in [4.69, 9.17) is 9.84 Å². The van der Waals surface area contributed by atoms with Crippen molar-refractivity contribution in [2.45, 2.75) is 64.2 Å². The van der Waals surface area contributed by atoms with E-state index in [0.717, 1.165) is 62.1 Å². The van der Waals surface area contributed by atoms with Gasteiger partial charge in [0, 0.05) is 18.2 Å². The molecule has 0 aliphatic heterocycles. The number of hydrogen-bond donors (Lipinski definition) is 1. The zero-order valence-electron chi connectivity index (χ0n) is 15.3. The summed E-state index contributed by atoms with van der Waals surface area (Å²) >= 11 is 0. The third-order valence-corrected chi connectivity index (χ3v) is 4.49. The first kappa shape index (κ1) is 20.0. The Bertz CT molecular complexity index is 703. The third-order valence-electron chi connectivity index (χ3n) is 4.49. The second kappa shape index (κ2) is 11.3. The summed E-state index contributed by atoms with van der Waals surface area (Å²) in [6.45, 7) is 0. The summed E-state index contributed by atoms with van der Waals surface area (Å²) in [4.78, 5) is 22.5. The van der Waals surface area contributed by atoms with Crippen LogP contribution in [-0.2, 0) is 9.59 Å². The van der Waals surface area contributed by atoms with E-state index < -0.39 is 5.97 Å². The first-order valence-corrected chi connectivity index (χ1v) is 9.57. The van der Waals surface area contributed by atoms with Crippen LogP contribution in [0.3, 0.4) is 0 Å². The van der Waals surface area contributed by atoms with E-state index >= 15 is 0 Å². The summed E-state index contributed by atoms with van der Waals surface area (Å²) in [5, 5.41) is 10.6. The van der Waals surface area contributed by atoms with Crippen molar-refractivity contribution in [3.63, 3.8) is 0 Å². The molecular formula is C22H28O4. The number of ether oxygens (including phenoxy) is 1. The summed E-state index contributed by atoms with van der Waals surface area (Å²) in [5.74, 6) is -0.245. The Morgan fingerprint density at radius 3 is 2.00 bits per heavy atom. The summed E-state index contributed by atoms with van der Waals surface area (Å²) in [6, 6.07) is 13.6. The smallest absolute Gasteiger partial charge is 0.311 e. The van der Waals surface area contributed by atoms with Crippen molar-refractivity contribution in [3.8, 4) is 5.75 Å². The second-order valence-corrected chi connectivity index (χ2v) is 6.67. The van der Waals surface area contributed by atoms with Crippen LogP contribution in [0.4, 0.5) is 0 Å². The molecule has 1 N–H and O–H groups in total. The minimum atomic E-state index is -0.708. The highest BCUT2D eigenvalue weighted by Crippen LogP contribution is 2.25. The number of benzene rings is 2. The fourth-order valence-electron chi connectivity index (χ4n) is 3.06. The molecule has 0 radical (unpaired) electrons. The lowest BCUT2D eigenvalue weighted by Gasteiger charge is -2.07. The first-order valence-electron chi connectivity index (χ1n) is 9.57. The van der Waals surface area contributed by atoms with E-state index in [0.29, 0.717) is 12.2 Å². The van der Waals surface area contributed by atoms with Gasteiger partial charge >= 0.3 is 11.9 Å². The van der Waals surface area contributed by atoms with E-state index in [1.165, 1.54) is 0 Å². The van der Waals surface area contributed by atoms with E-state index in [1.807, 2.05) is 42.5 Å². The molecule has 4 nitrogen and oxygen atoms in total. The molecule has 0 saturated heterocycles. The predicted octanol–water partition coefficient (Wildman–Crippen LogP) is 5.73. The molecule has 0 saturated carbocycles. The predicted molar refractivity (Wildman–Crippen MR) is 103 cm³/mol. The summed E-state index contributed by atoms with van der Waals surface area (Å²) < 4.78 is 5.53. The molecule has 0 spiro atoms. The number of unbranched alkanes of at least 4 members (excludes halogenated alkanes) is 7. The minimum Gasteiger partial charge on any atom is -0.481 e. The topological polar surface area (TPSA) is 63.6 Å². The van der Waals surface area contributed by atoms with Crippen molar-refractivity contribution in [2.24, 2.45) is 0 Å². The number of carbonyl (C=O) groups excluding carboxylic acids is 1. The zero-order valence-corrected chi connectivity index (χ0v) is 15.3. The van der Waals surface area contributed by atoms with Crippen molar-refractivity contribution in [3.05, 3.63) is 42.5 Å². The molecule has 140 valence electrons. The molecule has 0 heterocycles. The molecule has 0 atom stereocenters. The van der Waals surface area contributed by atoms with Crippen LogP contribution in [0, 0.1) is 0 Å². The molecule has 0 fully saturated rings. The molecular weight excluding hydrogens is 328 g/mol. The van der Waals surface area contributed by atoms with Crippen LogP contribution in [0.2, 0.25) is 0 Å². The van der Waals surface area contributed by atoms with Gasteiger partial charge in [0.15, 0.2) is 0 Å². The van der Waals surface area contributed by atoms with Crippen LogP contribution in [0.1, 0.15) is 64.2 Å². The van der Waals surface area contributed by atoms with E-state index in [2.05, 4.69) is 0 Å². The number of rotatable bonds is 12. The van der Waals surface area contributed by atoms with Gasteiger partial charge in [-0.3, -0.25) is 9.59 Å². The molecule has 0 unspecified atom stereocenters. The normalized spacial score (nSPS) is 10.8. The molecule has 4 heteroatoms. The SMILES string of the molecule is O=C(O)CCCCCCCCCCC(=O)Oc1cccc2ccccc12. The number of aliphatic carboxylic acids is 1. The van der Waals surface area contributed by atoms with Gasteiger partial charge < -0.3 is 9.84 Å². The van der Waals surface area contributed by atoms with Gasteiger partial charge in [0.25, 0.3) is 0 Å². The van der Waals surface area contributed by atoms with Crippen molar-refractivity contribution in [1.29, 1.82) is 0 Å². The molecule has 2 aromatic rings. The van der Waals surface area contributed by atoms with Crippen molar-refractivity contribution in [1.82, 2.24) is 0 Å². The van der Waals surface area contributed by atoms with Crippen LogP contribution < -0.4 is 4.74 Å². The van der Waals surface area contributed by atoms with Gasteiger partial charge in [-0.05, 0) is 24.3 Å². The lowest BCUT2D eigenvalue weighted by molar-refractivity contribution is -0.137. The lowest BCUT2D eigenvalue weighted by Crippen LogP contribution is -2.07. The highest BCUT2D eigenvalue weighted by Gasteiger charge is 2.07. The summed E-state index contributed by atoms with van der Waals surface area (Å²) in [7, 11) is 0. The van der Waals surface area contributed by atoms with Gasteiger partial charge in [-0.25, -0.2) is 0 Å². The minimum absolute atomic E-state index is 0.171. The highest BCUT2D eigenvalue weighted by atomic mass is 16.5. The molecule has 2 rings (SSSR count). The molecule has 0 aliphatic rings. The Morgan fingerprint density at radius 2 is 1.31 bits per heavy atom. The average Bonchev–Trinajstić information content (AvgIpc) is 2.63. The molecule has 0 amide bonds. The largest absolute Gasteiger partial charge is 0.481 e. The summed E-state index contributed by atoms with van der Waals surface area (Å²) in [5.41, 5.74) is 0. The number of carboxylic acid groups (broad SMARTS) is 1. The number of hydrogen-bond acceptors (Lipinski definition) is 3. The Kier molecular flexibility index (Phi) is 8.67. The van der Waals surface area contributed by atoms with Crippen LogP contribution >= 0.6 is 0 Å². The van der Waals surface area contributed by atoms with Gasteiger partial charge in [0.1, 0.15) is 5.75 Å². The lowest BCUT2D eigenvalue weighted by atomic mass is 10.1. The van der Waals surface area contributed by atoms with Gasteiger partial charge in [-0.1, -0.05) is 74.9 Å². The number of fused-ring (bicyclic) bond motifs is 1. The zero-order chi connectivity index (χ0) is 18.6. The Labute approximate surface area is 155 Å². The maximum Gasteiger partial charge on any atom is 0.311 e. The van der Waals surface area contributed by atoms with Crippen LogP contribution in [0.5, 0.6) is 5.75 Å². The van der Waals surface area contributed by atoms with E-state index in [-0.39, 0.29) is 12.4 Å². The molecule has 0 bridgehead atoms. The molecule has 0 aromatic heterocycles. The number of esters is 1. The average molecular weight is 356 g/mol. The quantitative estimate of drug-likeness (QED) is 0.300. The van der Waals surface area contributed by atoms with Crippen LogP contribution in [0.15, 0.2) is 42.5 Å². The Balaban J connectivity index is 1.56. The van der Waals surface area contributed by atoms with Crippen LogP contribution in [-0.4, -0.2) is 17.0 Å². The first-order chi connectivity index (χ1) is 12.7. The van der Waals surface area contributed by atoms with E-state index in [1.54, 1.807) is 0 Å². The standard InChI is InChI=1S/C22H28O4/c23-21(24)16-7-5-3-1-2-4-6-8-17-22(25)26-20-15-11-13-18-12-9-10-14-19(18)20/h9-15H,1-8,16-17H2,(H,23,24). The fourth-order valence-corrected chi connectivity index (χ4v) is 3.06. The van der Waals surface area contributed by atoms with E-state index in [9.17, 15) is 9.59 Å². The van der Waals surface area contributed by atoms with Crippen molar-refractivity contribution in [2.75, 3.05) is 0 Å². The third kappa shape index (κ3) is 7.26. The van der Waals surface area contributed by atoms with Gasteiger partial charge in [-0.2, -0.15) is 0 Å². The van der Waals surface area contributed by atoms with Gasteiger partial charge in [-0.15, -0.1) is 0 Å².